The van der Waals surface area contributed by atoms with Gasteiger partial charge in [0.25, 0.3) is 0 Å². The van der Waals surface area contributed by atoms with E-state index in [-0.39, 0.29) is 29.7 Å². The zero-order valence-corrected chi connectivity index (χ0v) is 16.5. The van der Waals surface area contributed by atoms with Crippen LogP contribution in [0.4, 0.5) is 21.5 Å². The lowest BCUT2D eigenvalue weighted by Gasteiger charge is -2.36. The summed E-state index contributed by atoms with van der Waals surface area (Å²) in [6, 6.07) is 10.2. The minimum Gasteiger partial charge on any atom is -0.478 e. The molecule has 0 aromatic heterocycles. The van der Waals surface area contributed by atoms with Crippen LogP contribution < -0.4 is 15.5 Å². The number of nitrogens with one attached hydrogen (secondary N) is 2. The second kappa shape index (κ2) is 9.36. The molecule has 2 amide bonds. The molecule has 9 heteroatoms. The molecule has 0 saturated carbocycles. The first kappa shape index (κ1) is 21.3. The number of hydrogen-bond donors (Lipinski definition) is 3. The van der Waals surface area contributed by atoms with E-state index in [1.165, 1.54) is 43.3 Å². The van der Waals surface area contributed by atoms with Crippen molar-refractivity contribution in [2.45, 2.75) is 6.92 Å². The fourth-order valence-corrected chi connectivity index (χ4v) is 3.32. The van der Waals surface area contributed by atoms with Crippen molar-refractivity contribution in [3.8, 4) is 0 Å². The smallest absolute Gasteiger partial charge is 0.335 e. The Bertz CT molecular complexity index is 941. The largest absolute Gasteiger partial charge is 0.478 e. The minimum atomic E-state index is -1.06. The van der Waals surface area contributed by atoms with Crippen molar-refractivity contribution in [2.24, 2.45) is 0 Å². The third-order valence-corrected chi connectivity index (χ3v) is 4.76. The Morgan fingerprint density at radius 1 is 1.00 bits per heavy atom. The van der Waals surface area contributed by atoms with Crippen LogP contribution in [-0.2, 0) is 9.59 Å². The molecule has 158 valence electrons. The van der Waals surface area contributed by atoms with E-state index < -0.39 is 5.97 Å². The molecule has 0 radical (unpaired) electrons. The van der Waals surface area contributed by atoms with E-state index >= 15 is 0 Å². The van der Waals surface area contributed by atoms with Gasteiger partial charge in [-0.25, -0.2) is 9.18 Å². The summed E-state index contributed by atoms with van der Waals surface area (Å²) in [6.07, 6.45) is 0. The van der Waals surface area contributed by atoms with E-state index in [0.717, 1.165) is 5.69 Å². The first-order valence-electron chi connectivity index (χ1n) is 9.49. The van der Waals surface area contributed by atoms with Crippen molar-refractivity contribution in [1.29, 1.82) is 0 Å². The summed E-state index contributed by atoms with van der Waals surface area (Å²) < 4.78 is 13.0. The third kappa shape index (κ3) is 5.54. The summed E-state index contributed by atoms with van der Waals surface area (Å²) in [5.74, 6) is -1.89. The maximum absolute atomic E-state index is 13.0. The number of carboxylic acid groups (broad SMARTS) is 1. The van der Waals surface area contributed by atoms with Crippen molar-refractivity contribution < 1.29 is 23.9 Å². The number of halogens is 1. The lowest BCUT2D eigenvalue weighted by Crippen LogP contribution is -2.48. The summed E-state index contributed by atoms with van der Waals surface area (Å²) >= 11 is 0. The van der Waals surface area contributed by atoms with E-state index in [1.54, 1.807) is 6.07 Å². The first-order chi connectivity index (χ1) is 14.3. The molecular weight excluding hydrogens is 391 g/mol. The number of carboxylic acids is 1. The van der Waals surface area contributed by atoms with Crippen LogP contribution in [0.3, 0.4) is 0 Å². The lowest BCUT2D eigenvalue weighted by atomic mass is 10.1. The lowest BCUT2D eigenvalue weighted by molar-refractivity contribution is -0.117. The highest BCUT2D eigenvalue weighted by atomic mass is 19.1. The molecule has 0 unspecified atom stereocenters. The molecule has 30 heavy (non-hydrogen) atoms. The van der Waals surface area contributed by atoms with Gasteiger partial charge in [-0.3, -0.25) is 14.5 Å². The van der Waals surface area contributed by atoms with E-state index in [4.69, 9.17) is 0 Å². The monoisotopic (exact) mass is 414 g/mol. The molecule has 1 aliphatic heterocycles. The highest BCUT2D eigenvalue weighted by molar-refractivity contribution is 5.97. The Morgan fingerprint density at radius 2 is 1.67 bits per heavy atom. The van der Waals surface area contributed by atoms with Gasteiger partial charge in [0.15, 0.2) is 0 Å². The number of benzene rings is 2. The summed E-state index contributed by atoms with van der Waals surface area (Å²) in [5, 5.41) is 14.6. The number of piperazine rings is 1. The van der Waals surface area contributed by atoms with Crippen molar-refractivity contribution >= 4 is 34.8 Å². The molecule has 2 aromatic rings. The fraction of sp³-hybridized carbons (Fsp3) is 0.286. The molecule has 0 atom stereocenters. The Morgan fingerprint density at radius 3 is 2.27 bits per heavy atom. The second-order valence-electron chi connectivity index (χ2n) is 7.04. The Hall–Kier alpha value is -3.46. The molecule has 2 aromatic carbocycles. The normalized spacial score (nSPS) is 14.3. The molecule has 3 N–H and O–H groups in total. The van der Waals surface area contributed by atoms with Gasteiger partial charge in [-0.05, 0) is 42.5 Å². The SMILES string of the molecule is CC(=O)Nc1cc(C(=O)O)ccc1N1CCN(CC(=O)Nc2ccc(F)cc2)CC1. The van der Waals surface area contributed by atoms with Gasteiger partial charge in [0, 0.05) is 38.8 Å². The molecule has 1 fully saturated rings. The number of hydrogen-bond acceptors (Lipinski definition) is 5. The van der Waals surface area contributed by atoms with Gasteiger partial charge >= 0.3 is 5.97 Å². The van der Waals surface area contributed by atoms with Gasteiger partial charge in [-0.15, -0.1) is 0 Å². The van der Waals surface area contributed by atoms with Crippen LogP contribution in [0.2, 0.25) is 0 Å². The topological polar surface area (TPSA) is 102 Å². The van der Waals surface area contributed by atoms with Crippen LogP contribution in [0.25, 0.3) is 0 Å². The summed E-state index contributed by atoms with van der Waals surface area (Å²) in [4.78, 5) is 39.0. The number of carbonyl (C=O) groups excluding carboxylic acids is 2. The quantitative estimate of drug-likeness (QED) is 0.670. The molecular formula is C21H23FN4O4. The minimum absolute atomic E-state index is 0.0959. The van der Waals surface area contributed by atoms with Crippen molar-refractivity contribution in [2.75, 3.05) is 48.3 Å². The van der Waals surface area contributed by atoms with Crippen molar-refractivity contribution in [1.82, 2.24) is 4.90 Å². The standard InChI is InChI=1S/C21H23FN4O4/c1-14(27)23-18-12-15(21(29)30)2-7-19(18)26-10-8-25(9-11-26)13-20(28)24-17-5-3-16(22)4-6-17/h2-7,12H,8-11,13H2,1H3,(H,23,27)(H,24,28)(H,29,30). The van der Waals surface area contributed by atoms with Gasteiger partial charge in [0.2, 0.25) is 11.8 Å². The average Bonchev–Trinajstić information content (AvgIpc) is 2.70. The first-order valence-corrected chi connectivity index (χ1v) is 9.49. The number of amides is 2. The molecule has 0 bridgehead atoms. The zero-order chi connectivity index (χ0) is 21.7. The van der Waals surface area contributed by atoms with Crippen LogP contribution >= 0.6 is 0 Å². The van der Waals surface area contributed by atoms with Crippen LogP contribution in [-0.4, -0.2) is 60.5 Å². The molecule has 1 aliphatic rings. The fourth-order valence-electron chi connectivity index (χ4n) is 3.32. The Labute approximate surface area is 173 Å². The predicted octanol–water partition coefficient (Wildman–Crippen LogP) is 2.24. The molecule has 0 spiro atoms. The average molecular weight is 414 g/mol. The summed E-state index contributed by atoms with van der Waals surface area (Å²) in [7, 11) is 0. The number of rotatable bonds is 6. The third-order valence-electron chi connectivity index (χ3n) is 4.76. The summed E-state index contributed by atoms with van der Waals surface area (Å²) in [6.45, 7) is 4.05. The molecule has 1 heterocycles. The predicted molar refractivity (Wildman–Crippen MR) is 111 cm³/mol. The molecule has 8 nitrogen and oxygen atoms in total. The van der Waals surface area contributed by atoms with Gasteiger partial charge < -0.3 is 20.6 Å². The number of nitrogens with zero attached hydrogens (tertiary/aromatic N) is 2. The second-order valence-corrected chi connectivity index (χ2v) is 7.04. The summed E-state index contributed by atoms with van der Waals surface area (Å²) in [5.41, 5.74) is 1.83. The van der Waals surface area contributed by atoms with E-state index in [9.17, 15) is 23.9 Å². The number of carbonyl (C=O) groups is 3. The van der Waals surface area contributed by atoms with E-state index in [1.807, 2.05) is 9.80 Å². The molecule has 1 saturated heterocycles. The van der Waals surface area contributed by atoms with E-state index in [0.29, 0.717) is 37.6 Å². The Balaban J connectivity index is 1.59. The highest BCUT2D eigenvalue weighted by Crippen LogP contribution is 2.28. The van der Waals surface area contributed by atoms with Crippen LogP contribution in [0.15, 0.2) is 42.5 Å². The van der Waals surface area contributed by atoms with Crippen LogP contribution in [0.1, 0.15) is 17.3 Å². The van der Waals surface area contributed by atoms with Gasteiger partial charge in [0.1, 0.15) is 5.82 Å². The number of anilines is 3. The molecule has 3 rings (SSSR count). The van der Waals surface area contributed by atoms with Gasteiger partial charge in [-0.1, -0.05) is 0 Å². The van der Waals surface area contributed by atoms with Gasteiger partial charge in [-0.2, -0.15) is 0 Å². The zero-order valence-electron chi connectivity index (χ0n) is 16.5. The maximum atomic E-state index is 13.0. The molecule has 0 aliphatic carbocycles. The van der Waals surface area contributed by atoms with Gasteiger partial charge in [0.05, 0.1) is 23.5 Å². The maximum Gasteiger partial charge on any atom is 0.335 e. The van der Waals surface area contributed by atoms with Crippen LogP contribution in [0.5, 0.6) is 0 Å². The van der Waals surface area contributed by atoms with Crippen molar-refractivity contribution in [3.63, 3.8) is 0 Å². The van der Waals surface area contributed by atoms with E-state index in [2.05, 4.69) is 10.6 Å². The van der Waals surface area contributed by atoms with Crippen molar-refractivity contribution in [3.05, 3.63) is 53.8 Å². The highest BCUT2D eigenvalue weighted by Gasteiger charge is 2.22. The Kier molecular flexibility index (Phi) is 6.63. The number of aromatic carboxylic acids is 1. The van der Waals surface area contributed by atoms with Crippen LogP contribution in [0, 0.1) is 5.82 Å².